The first-order valence-electron chi connectivity index (χ1n) is 10.1. The largest absolute Gasteiger partial charge is 0.393 e. The number of rotatable bonds is 1. The lowest BCUT2D eigenvalue weighted by molar-refractivity contribution is -0.178. The van der Waals surface area contributed by atoms with E-state index in [0.29, 0.717) is 29.5 Å². The van der Waals surface area contributed by atoms with E-state index in [2.05, 4.69) is 13.8 Å². The Morgan fingerprint density at radius 1 is 1.00 bits per heavy atom. The summed E-state index contributed by atoms with van der Waals surface area (Å²) in [5.74, 6) is 2.58. The monoisotopic (exact) mass is 334 g/mol. The van der Waals surface area contributed by atoms with Gasteiger partial charge in [-0.2, -0.15) is 0 Å². The van der Waals surface area contributed by atoms with Crippen LogP contribution in [0, 0.1) is 40.4 Å². The Bertz CT molecular complexity index is 531. The Balaban J connectivity index is 1.67. The van der Waals surface area contributed by atoms with Crippen LogP contribution in [-0.4, -0.2) is 28.2 Å². The summed E-state index contributed by atoms with van der Waals surface area (Å²) in [7, 11) is 0. The maximum atomic E-state index is 12.2. The Morgan fingerprint density at radius 3 is 2.46 bits per heavy atom. The molecule has 4 aliphatic rings. The highest BCUT2D eigenvalue weighted by atomic mass is 16.3. The van der Waals surface area contributed by atoms with Crippen LogP contribution in [0.1, 0.15) is 72.1 Å². The molecule has 24 heavy (non-hydrogen) atoms. The molecule has 2 N–H and O–H groups in total. The number of aliphatic hydroxyl groups excluding tert-OH is 2. The molecule has 136 valence electrons. The number of Topliss-reactive ketones (excluding diaryl/α,β-unsaturated/α-hetero) is 1. The Labute approximate surface area is 146 Å². The molecule has 0 aromatic heterocycles. The second-order valence-electron chi connectivity index (χ2n) is 10.0. The van der Waals surface area contributed by atoms with Gasteiger partial charge in [0, 0.05) is 5.92 Å². The predicted molar refractivity (Wildman–Crippen MR) is 93.3 cm³/mol. The van der Waals surface area contributed by atoms with Gasteiger partial charge in [-0.3, -0.25) is 4.79 Å². The molecule has 0 heterocycles. The zero-order valence-electron chi connectivity index (χ0n) is 15.5. The van der Waals surface area contributed by atoms with E-state index in [1.807, 2.05) is 0 Å². The third-order valence-corrected chi connectivity index (χ3v) is 9.06. The van der Waals surface area contributed by atoms with Crippen LogP contribution in [-0.2, 0) is 4.79 Å². The topological polar surface area (TPSA) is 57.5 Å². The summed E-state index contributed by atoms with van der Waals surface area (Å²) in [5, 5.41) is 21.3. The summed E-state index contributed by atoms with van der Waals surface area (Å²) < 4.78 is 0. The predicted octanol–water partition coefficient (Wildman–Crippen LogP) is 3.57. The average molecular weight is 335 g/mol. The molecular formula is C21H34O3. The lowest BCUT2D eigenvalue weighted by Crippen LogP contribution is -2.59. The zero-order valence-corrected chi connectivity index (χ0v) is 15.5. The molecule has 0 amide bonds. The molecule has 4 rings (SSSR count). The second kappa shape index (κ2) is 5.54. The van der Waals surface area contributed by atoms with Crippen molar-refractivity contribution in [3.05, 3.63) is 0 Å². The number of hydrogen-bond donors (Lipinski definition) is 2. The highest BCUT2D eigenvalue weighted by Crippen LogP contribution is 2.67. The van der Waals surface area contributed by atoms with Crippen LogP contribution in [0.25, 0.3) is 0 Å². The van der Waals surface area contributed by atoms with Gasteiger partial charge < -0.3 is 10.2 Å². The van der Waals surface area contributed by atoms with E-state index in [4.69, 9.17) is 0 Å². The number of carbonyl (C=O) groups excluding carboxylic acids is 1. The summed E-state index contributed by atoms with van der Waals surface area (Å²) in [4.78, 5) is 12.2. The van der Waals surface area contributed by atoms with Crippen molar-refractivity contribution >= 4 is 5.78 Å². The Hall–Kier alpha value is -0.410. The Kier molecular flexibility index (Phi) is 3.93. The normalized spacial score (nSPS) is 57.0. The molecule has 4 fully saturated rings. The molecule has 3 nitrogen and oxygen atoms in total. The number of aliphatic hydroxyl groups is 2. The van der Waals surface area contributed by atoms with Crippen molar-refractivity contribution in [1.82, 2.24) is 0 Å². The molecular weight excluding hydrogens is 300 g/mol. The van der Waals surface area contributed by atoms with E-state index in [1.165, 1.54) is 12.8 Å². The highest BCUT2D eigenvalue weighted by molar-refractivity contribution is 5.79. The van der Waals surface area contributed by atoms with Gasteiger partial charge in [-0.05, 0) is 92.8 Å². The van der Waals surface area contributed by atoms with Gasteiger partial charge in [-0.25, -0.2) is 0 Å². The molecule has 3 heteroatoms. The summed E-state index contributed by atoms with van der Waals surface area (Å²) in [5.41, 5.74) is 0.182. The smallest absolute Gasteiger partial charge is 0.133 e. The van der Waals surface area contributed by atoms with E-state index in [0.717, 1.165) is 38.5 Å². The fourth-order valence-corrected chi connectivity index (χ4v) is 8.03. The first kappa shape index (κ1) is 17.0. The van der Waals surface area contributed by atoms with Crippen LogP contribution in [0.2, 0.25) is 0 Å². The standard InChI is InChI=1S/C21H34O3/c1-12(22)16-6-7-17-15-5-4-13-10-14(23)8-9-20(13,2)19(15)18(24)11-21(16,17)3/h13-19,23-24H,4-11H2,1-3H3/t13-,14-,15-,16+,17-,18-,19+,20-,21+/m0/s1. The van der Waals surface area contributed by atoms with Crippen LogP contribution in [0.15, 0.2) is 0 Å². The van der Waals surface area contributed by atoms with Gasteiger partial charge >= 0.3 is 0 Å². The third kappa shape index (κ3) is 2.19. The lowest BCUT2D eigenvalue weighted by Gasteiger charge is -2.62. The van der Waals surface area contributed by atoms with Gasteiger partial charge in [0.15, 0.2) is 0 Å². The molecule has 0 aromatic rings. The van der Waals surface area contributed by atoms with Crippen LogP contribution >= 0.6 is 0 Å². The maximum Gasteiger partial charge on any atom is 0.133 e. The summed E-state index contributed by atoms with van der Waals surface area (Å²) in [6.07, 6.45) is 7.80. The van der Waals surface area contributed by atoms with Gasteiger partial charge in [0.25, 0.3) is 0 Å². The summed E-state index contributed by atoms with van der Waals surface area (Å²) >= 11 is 0. The van der Waals surface area contributed by atoms with Crippen LogP contribution in [0.5, 0.6) is 0 Å². The fourth-order valence-electron chi connectivity index (χ4n) is 8.03. The van der Waals surface area contributed by atoms with Crippen molar-refractivity contribution in [2.45, 2.75) is 84.3 Å². The van der Waals surface area contributed by atoms with E-state index in [9.17, 15) is 15.0 Å². The molecule has 4 aliphatic carbocycles. The van der Waals surface area contributed by atoms with Crippen molar-refractivity contribution in [3.8, 4) is 0 Å². The molecule has 0 aliphatic heterocycles. The maximum absolute atomic E-state index is 12.2. The fraction of sp³-hybridized carbons (Fsp3) is 0.952. The summed E-state index contributed by atoms with van der Waals surface area (Å²) in [6.45, 7) is 6.43. The van der Waals surface area contributed by atoms with E-state index < -0.39 is 0 Å². The number of ketones is 1. The molecule has 0 bridgehead atoms. The van der Waals surface area contributed by atoms with Crippen molar-refractivity contribution in [2.75, 3.05) is 0 Å². The lowest BCUT2D eigenvalue weighted by atomic mass is 9.44. The number of fused-ring (bicyclic) bond motifs is 5. The zero-order chi connectivity index (χ0) is 17.3. The van der Waals surface area contributed by atoms with E-state index in [1.54, 1.807) is 6.92 Å². The molecule has 0 spiro atoms. The van der Waals surface area contributed by atoms with Gasteiger partial charge in [0.05, 0.1) is 12.2 Å². The van der Waals surface area contributed by atoms with Gasteiger partial charge in [0.1, 0.15) is 5.78 Å². The molecule has 0 aromatic carbocycles. The minimum atomic E-state index is -0.278. The van der Waals surface area contributed by atoms with Gasteiger partial charge in [-0.15, -0.1) is 0 Å². The Morgan fingerprint density at radius 2 is 1.75 bits per heavy atom. The van der Waals surface area contributed by atoms with Crippen molar-refractivity contribution in [1.29, 1.82) is 0 Å². The SMILES string of the molecule is CC(=O)[C@H]1CC[C@H]2[C@@H]3CC[C@H]4C[C@@H](O)CC[C@]4(C)[C@H]3[C@@H](O)C[C@]12C. The molecule has 4 saturated carbocycles. The third-order valence-electron chi connectivity index (χ3n) is 9.06. The van der Waals surface area contributed by atoms with E-state index in [-0.39, 0.29) is 29.0 Å². The van der Waals surface area contributed by atoms with Crippen molar-refractivity contribution in [3.63, 3.8) is 0 Å². The number of hydrogen-bond acceptors (Lipinski definition) is 3. The minimum absolute atomic E-state index is 0.00376. The molecule has 0 unspecified atom stereocenters. The van der Waals surface area contributed by atoms with Crippen LogP contribution in [0.3, 0.4) is 0 Å². The minimum Gasteiger partial charge on any atom is -0.393 e. The van der Waals surface area contributed by atoms with Gasteiger partial charge in [-0.1, -0.05) is 13.8 Å². The van der Waals surface area contributed by atoms with Crippen LogP contribution in [0.4, 0.5) is 0 Å². The first-order chi connectivity index (χ1) is 11.3. The first-order valence-corrected chi connectivity index (χ1v) is 10.1. The number of carbonyl (C=O) groups is 1. The highest BCUT2D eigenvalue weighted by Gasteiger charge is 2.63. The molecule has 0 radical (unpaired) electrons. The average Bonchev–Trinajstić information content (AvgIpc) is 2.84. The molecule has 9 atom stereocenters. The quantitative estimate of drug-likeness (QED) is 0.771. The van der Waals surface area contributed by atoms with Gasteiger partial charge in [0.2, 0.25) is 0 Å². The van der Waals surface area contributed by atoms with Crippen molar-refractivity contribution < 1.29 is 15.0 Å². The second-order valence-corrected chi connectivity index (χ2v) is 10.0. The van der Waals surface area contributed by atoms with E-state index >= 15 is 0 Å². The van der Waals surface area contributed by atoms with Crippen molar-refractivity contribution in [2.24, 2.45) is 40.4 Å². The van der Waals surface area contributed by atoms with Crippen LogP contribution < -0.4 is 0 Å². The summed E-state index contributed by atoms with van der Waals surface area (Å²) in [6, 6.07) is 0. The molecule has 0 saturated heterocycles.